The van der Waals surface area contributed by atoms with Gasteiger partial charge in [-0.3, -0.25) is 9.59 Å². The number of nitrogens with two attached hydrogens (primary N) is 1. The summed E-state index contributed by atoms with van der Waals surface area (Å²) in [7, 11) is 0. The molecule has 1 aliphatic heterocycles. The number of piperidine rings is 1. The summed E-state index contributed by atoms with van der Waals surface area (Å²) in [4.78, 5) is 26.1. The van der Waals surface area contributed by atoms with Crippen LogP contribution in [0.15, 0.2) is 61.2 Å². The molecule has 0 spiro atoms. The number of hydrogen-bond donors (Lipinski definition) is 4. The van der Waals surface area contributed by atoms with Gasteiger partial charge in [-0.25, -0.2) is 0 Å². The molecule has 1 saturated heterocycles. The highest BCUT2D eigenvalue weighted by Gasteiger charge is 2.32. The van der Waals surface area contributed by atoms with E-state index in [0.717, 1.165) is 31.5 Å². The standard InChI is InChI=1S/C24H30N4O2/c1-16(20-10-6-7-11-21(20)25)23(29)28-22(19-12-14-26-15-13-19)24(30)27-17(2)18-8-4-3-5-9-18/h3-11,17,19,22,26H,1,12-15,25H2,2H3,(H,27,30)(H,28,29)/t17-,22?/m1/s1. The van der Waals surface area contributed by atoms with Crippen molar-refractivity contribution in [1.29, 1.82) is 0 Å². The first kappa shape index (κ1) is 21.6. The first-order valence-corrected chi connectivity index (χ1v) is 10.4. The van der Waals surface area contributed by atoms with E-state index in [1.807, 2.05) is 43.3 Å². The van der Waals surface area contributed by atoms with Crippen molar-refractivity contribution >= 4 is 23.1 Å². The number of nitrogen functional groups attached to an aromatic ring is 1. The maximum absolute atomic E-state index is 13.2. The second kappa shape index (κ2) is 10.1. The van der Waals surface area contributed by atoms with Crippen molar-refractivity contribution in [2.24, 2.45) is 5.92 Å². The summed E-state index contributed by atoms with van der Waals surface area (Å²) in [5, 5.41) is 9.30. The third-order valence-electron chi connectivity index (χ3n) is 5.64. The molecule has 1 heterocycles. The fraction of sp³-hybridized carbons (Fsp3) is 0.333. The topological polar surface area (TPSA) is 96.2 Å². The predicted octanol–water partition coefficient (Wildman–Crippen LogP) is 2.64. The zero-order valence-electron chi connectivity index (χ0n) is 17.4. The van der Waals surface area contributed by atoms with E-state index in [1.165, 1.54) is 0 Å². The Morgan fingerprint density at radius 3 is 2.33 bits per heavy atom. The summed E-state index contributed by atoms with van der Waals surface area (Å²) in [6.07, 6.45) is 1.63. The van der Waals surface area contributed by atoms with Crippen LogP contribution >= 0.6 is 0 Å². The zero-order chi connectivity index (χ0) is 21.5. The minimum absolute atomic E-state index is 0.0547. The van der Waals surface area contributed by atoms with Gasteiger partial charge in [0.25, 0.3) is 5.91 Å². The fourth-order valence-electron chi connectivity index (χ4n) is 3.83. The lowest BCUT2D eigenvalue weighted by Crippen LogP contribution is -2.53. The molecular weight excluding hydrogens is 376 g/mol. The highest BCUT2D eigenvalue weighted by molar-refractivity contribution is 6.20. The number of anilines is 1. The van der Waals surface area contributed by atoms with Gasteiger partial charge < -0.3 is 21.7 Å². The molecule has 2 aromatic carbocycles. The number of nitrogens with one attached hydrogen (secondary N) is 3. The van der Waals surface area contributed by atoms with Gasteiger partial charge in [0.15, 0.2) is 0 Å². The van der Waals surface area contributed by atoms with E-state index in [0.29, 0.717) is 11.3 Å². The van der Waals surface area contributed by atoms with Crippen LogP contribution in [0.5, 0.6) is 0 Å². The summed E-state index contributed by atoms with van der Waals surface area (Å²) < 4.78 is 0. The van der Waals surface area contributed by atoms with Crippen LogP contribution in [-0.2, 0) is 9.59 Å². The Balaban J connectivity index is 1.75. The lowest BCUT2D eigenvalue weighted by molar-refractivity contribution is -0.129. The Hall–Kier alpha value is -3.12. The normalized spacial score (nSPS) is 16.3. The molecule has 0 radical (unpaired) electrons. The van der Waals surface area contributed by atoms with E-state index in [2.05, 4.69) is 22.5 Å². The number of para-hydroxylation sites is 1. The van der Waals surface area contributed by atoms with Gasteiger partial charge in [-0.2, -0.15) is 0 Å². The molecule has 0 aliphatic carbocycles. The van der Waals surface area contributed by atoms with Gasteiger partial charge in [-0.05, 0) is 50.4 Å². The Kier molecular flexibility index (Phi) is 7.25. The first-order valence-electron chi connectivity index (χ1n) is 10.4. The van der Waals surface area contributed by atoms with Gasteiger partial charge in [-0.15, -0.1) is 0 Å². The van der Waals surface area contributed by atoms with Gasteiger partial charge in [0.2, 0.25) is 5.91 Å². The van der Waals surface area contributed by atoms with Crippen LogP contribution in [0.25, 0.3) is 5.57 Å². The Morgan fingerprint density at radius 1 is 1.03 bits per heavy atom. The van der Waals surface area contributed by atoms with Crippen molar-refractivity contribution in [2.45, 2.75) is 31.8 Å². The number of hydrogen-bond acceptors (Lipinski definition) is 4. The Labute approximate surface area is 177 Å². The minimum atomic E-state index is -0.632. The van der Waals surface area contributed by atoms with E-state index in [4.69, 9.17) is 5.73 Å². The molecule has 0 aromatic heterocycles. The highest BCUT2D eigenvalue weighted by Crippen LogP contribution is 2.22. The number of benzene rings is 2. The molecule has 30 heavy (non-hydrogen) atoms. The molecule has 6 nitrogen and oxygen atoms in total. The van der Waals surface area contributed by atoms with Crippen molar-refractivity contribution in [3.63, 3.8) is 0 Å². The number of carbonyl (C=O) groups excluding carboxylic acids is 2. The van der Waals surface area contributed by atoms with Gasteiger partial charge in [-0.1, -0.05) is 55.1 Å². The monoisotopic (exact) mass is 406 g/mol. The number of rotatable bonds is 7. The zero-order valence-corrected chi connectivity index (χ0v) is 17.4. The molecule has 158 valence electrons. The van der Waals surface area contributed by atoms with E-state index in [-0.39, 0.29) is 29.3 Å². The van der Waals surface area contributed by atoms with Crippen LogP contribution in [0.3, 0.4) is 0 Å². The van der Waals surface area contributed by atoms with Crippen LogP contribution in [0.4, 0.5) is 5.69 Å². The largest absolute Gasteiger partial charge is 0.398 e. The molecule has 1 unspecified atom stereocenters. The van der Waals surface area contributed by atoms with Crippen molar-refractivity contribution < 1.29 is 9.59 Å². The Bertz CT molecular complexity index is 891. The lowest BCUT2D eigenvalue weighted by atomic mass is 9.89. The van der Waals surface area contributed by atoms with Crippen molar-refractivity contribution in [3.05, 3.63) is 72.3 Å². The molecule has 1 fully saturated rings. The van der Waals surface area contributed by atoms with Gasteiger partial charge in [0, 0.05) is 16.8 Å². The van der Waals surface area contributed by atoms with E-state index < -0.39 is 6.04 Å². The molecule has 1 aliphatic rings. The second-order valence-electron chi connectivity index (χ2n) is 7.75. The third kappa shape index (κ3) is 5.27. The molecular formula is C24H30N4O2. The van der Waals surface area contributed by atoms with Gasteiger partial charge in [0.1, 0.15) is 6.04 Å². The smallest absolute Gasteiger partial charge is 0.252 e. The maximum atomic E-state index is 13.2. The van der Waals surface area contributed by atoms with Gasteiger partial charge >= 0.3 is 0 Å². The summed E-state index contributed by atoms with van der Waals surface area (Å²) >= 11 is 0. The average molecular weight is 407 g/mol. The Morgan fingerprint density at radius 2 is 1.67 bits per heavy atom. The summed E-state index contributed by atoms with van der Waals surface area (Å²) in [6.45, 7) is 7.51. The van der Waals surface area contributed by atoms with Crippen LogP contribution in [0, 0.1) is 5.92 Å². The van der Waals surface area contributed by atoms with Crippen molar-refractivity contribution in [1.82, 2.24) is 16.0 Å². The quantitative estimate of drug-likeness (QED) is 0.420. The van der Waals surface area contributed by atoms with Crippen molar-refractivity contribution in [2.75, 3.05) is 18.8 Å². The molecule has 2 amide bonds. The first-order chi connectivity index (χ1) is 14.5. The van der Waals surface area contributed by atoms with Crippen molar-refractivity contribution in [3.8, 4) is 0 Å². The average Bonchev–Trinajstić information content (AvgIpc) is 2.78. The molecule has 0 saturated carbocycles. The summed E-state index contributed by atoms with van der Waals surface area (Å²) in [6, 6.07) is 16.1. The molecule has 2 aromatic rings. The van der Waals surface area contributed by atoms with Crippen LogP contribution in [0.1, 0.15) is 36.9 Å². The lowest BCUT2D eigenvalue weighted by Gasteiger charge is -2.31. The molecule has 6 heteroatoms. The van der Waals surface area contributed by atoms with Crippen LogP contribution in [-0.4, -0.2) is 30.9 Å². The van der Waals surface area contributed by atoms with E-state index >= 15 is 0 Å². The van der Waals surface area contributed by atoms with Crippen LogP contribution in [0.2, 0.25) is 0 Å². The molecule has 5 N–H and O–H groups in total. The van der Waals surface area contributed by atoms with E-state index in [9.17, 15) is 9.59 Å². The highest BCUT2D eigenvalue weighted by atomic mass is 16.2. The molecule has 2 atom stereocenters. The summed E-state index contributed by atoms with van der Waals surface area (Å²) in [5.41, 5.74) is 8.34. The SMILES string of the molecule is C=C(C(=O)NC(C(=O)N[C@H](C)c1ccccc1)C1CCNCC1)c1ccccc1N. The van der Waals surface area contributed by atoms with Gasteiger partial charge in [0.05, 0.1) is 6.04 Å². The predicted molar refractivity (Wildman–Crippen MR) is 120 cm³/mol. The fourth-order valence-corrected chi connectivity index (χ4v) is 3.83. The summed E-state index contributed by atoms with van der Waals surface area (Å²) in [5.74, 6) is -0.501. The third-order valence-corrected chi connectivity index (χ3v) is 5.64. The number of carbonyl (C=O) groups is 2. The van der Waals surface area contributed by atoms with Crippen LogP contribution < -0.4 is 21.7 Å². The minimum Gasteiger partial charge on any atom is -0.398 e. The van der Waals surface area contributed by atoms with E-state index in [1.54, 1.807) is 18.2 Å². The molecule has 0 bridgehead atoms. The maximum Gasteiger partial charge on any atom is 0.252 e. The molecule has 3 rings (SSSR count). The second-order valence-corrected chi connectivity index (χ2v) is 7.75. The number of amides is 2.